The second-order valence-corrected chi connectivity index (χ2v) is 6.66. The zero-order valence-corrected chi connectivity index (χ0v) is 12.4. The van der Waals surface area contributed by atoms with Gasteiger partial charge in [-0.2, -0.15) is 4.39 Å². The van der Waals surface area contributed by atoms with Gasteiger partial charge in [0.2, 0.25) is 5.95 Å². The van der Waals surface area contributed by atoms with Crippen molar-refractivity contribution in [2.75, 3.05) is 11.6 Å². The molecule has 1 amide bonds. The summed E-state index contributed by atoms with van der Waals surface area (Å²) in [5, 5.41) is 2.65. The van der Waals surface area contributed by atoms with Crippen LogP contribution in [0, 0.1) is 5.95 Å². The molecular formula is C13H10ClFN2O3S. The molecule has 1 aromatic heterocycles. The van der Waals surface area contributed by atoms with Crippen LogP contribution in [0.1, 0.15) is 10.4 Å². The highest BCUT2D eigenvalue weighted by Gasteiger charge is 2.13. The number of amides is 1. The Balaban J connectivity index is 2.31. The van der Waals surface area contributed by atoms with Crippen molar-refractivity contribution in [3.8, 4) is 0 Å². The first-order valence-corrected chi connectivity index (χ1v) is 7.97. The number of pyridine rings is 1. The maximum absolute atomic E-state index is 12.7. The molecule has 0 aliphatic carbocycles. The van der Waals surface area contributed by atoms with Crippen LogP contribution in [-0.4, -0.2) is 25.6 Å². The Bertz CT molecular complexity index is 792. The average Bonchev–Trinajstić information content (AvgIpc) is 2.40. The molecule has 1 N–H and O–H groups in total. The van der Waals surface area contributed by atoms with Gasteiger partial charge < -0.3 is 5.32 Å². The second-order valence-electron chi connectivity index (χ2n) is 4.24. The van der Waals surface area contributed by atoms with Crippen molar-refractivity contribution in [3.05, 3.63) is 53.1 Å². The first-order chi connectivity index (χ1) is 9.77. The van der Waals surface area contributed by atoms with Crippen molar-refractivity contribution in [1.29, 1.82) is 0 Å². The maximum Gasteiger partial charge on any atom is 0.257 e. The molecule has 0 saturated carbocycles. The number of aromatic nitrogens is 1. The summed E-state index contributed by atoms with van der Waals surface area (Å²) >= 11 is 5.92. The number of sulfone groups is 1. The number of hydrogen-bond donors (Lipinski definition) is 1. The molecule has 2 aromatic rings. The standard InChI is InChI=1S/C13H10ClFN2O3S/c1-21(19,20)9-3-4-10(14)11(6-9)17-13(18)8-2-5-12(15)16-7-8/h2-7H,1H3,(H,17,18). The summed E-state index contributed by atoms with van der Waals surface area (Å²) in [6.07, 6.45) is 2.12. The number of hydrogen-bond acceptors (Lipinski definition) is 4. The Morgan fingerprint density at radius 2 is 2.00 bits per heavy atom. The lowest BCUT2D eigenvalue weighted by molar-refractivity contribution is 0.102. The van der Waals surface area contributed by atoms with Crippen LogP contribution in [0.25, 0.3) is 0 Å². The molecule has 0 saturated heterocycles. The summed E-state index contributed by atoms with van der Waals surface area (Å²) in [6, 6.07) is 6.27. The summed E-state index contributed by atoms with van der Waals surface area (Å²) in [5.41, 5.74) is 0.270. The number of carbonyl (C=O) groups excluding carboxylic acids is 1. The third-order valence-corrected chi connectivity index (χ3v) is 4.04. The molecule has 0 aliphatic heterocycles. The Kier molecular flexibility index (Phi) is 4.24. The highest BCUT2D eigenvalue weighted by Crippen LogP contribution is 2.25. The smallest absolute Gasteiger partial charge is 0.257 e. The monoisotopic (exact) mass is 328 g/mol. The molecule has 0 atom stereocenters. The lowest BCUT2D eigenvalue weighted by atomic mass is 10.2. The molecule has 2 rings (SSSR count). The highest BCUT2D eigenvalue weighted by molar-refractivity contribution is 7.90. The predicted octanol–water partition coefficient (Wildman–Crippen LogP) is 2.53. The van der Waals surface area contributed by atoms with Gasteiger partial charge in [0, 0.05) is 12.5 Å². The van der Waals surface area contributed by atoms with E-state index >= 15 is 0 Å². The van der Waals surface area contributed by atoms with Crippen LogP contribution in [0.3, 0.4) is 0 Å². The Morgan fingerprint density at radius 3 is 2.57 bits per heavy atom. The van der Waals surface area contributed by atoms with E-state index in [4.69, 9.17) is 11.6 Å². The van der Waals surface area contributed by atoms with Crippen LogP contribution in [0.5, 0.6) is 0 Å². The third kappa shape index (κ3) is 3.77. The zero-order valence-electron chi connectivity index (χ0n) is 10.8. The van der Waals surface area contributed by atoms with Gasteiger partial charge in [0.1, 0.15) is 0 Å². The predicted molar refractivity (Wildman–Crippen MR) is 76.7 cm³/mol. The summed E-state index contributed by atoms with van der Waals surface area (Å²) in [7, 11) is -3.42. The Morgan fingerprint density at radius 1 is 1.29 bits per heavy atom. The molecule has 0 aliphatic rings. The molecule has 5 nitrogen and oxygen atoms in total. The van der Waals surface area contributed by atoms with Gasteiger partial charge in [-0.3, -0.25) is 4.79 Å². The maximum atomic E-state index is 12.7. The summed E-state index contributed by atoms with van der Waals surface area (Å²) in [4.78, 5) is 15.3. The summed E-state index contributed by atoms with van der Waals surface area (Å²) in [6.45, 7) is 0. The van der Waals surface area contributed by atoms with E-state index < -0.39 is 21.7 Å². The van der Waals surface area contributed by atoms with Crippen molar-refractivity contribution in [2.45, 2.75) is 4.90 Å². The zero-order chi connectivity index (χ0) is 15.6. The van der Waals surface area contributed by atoms with Crippen molar-refractivity contribution in [1.82, 2.24) is 4.98 Å². The van der Waals surface area contributed by atoms with Crippen molar-refractivity contribution < 1.29 is 17.6 Å². The van der Waals surface area contributed by atoms with Crippen LogP contribution >= 0.6 is 11.6 Å². The van der Waals surface area contributed by atoms with E-state index in [1.807, 2.05) is 0 Å². The molecule has 110 valence electrons. The Hall–Kier alpha value is -1.99. The van der Waals surface area contributed by atoms with Crippen molar-refractivity contribution in [3.63, 3.8) is 0 Å². The van der Waals surface area contributed by atoms with E-state index in [2.05, 4.69) is 10.3 Å². The van der Waals surface area contributed by atoms with Crippen LogP contribution in [0.4, 0.5) is 10.1 Å². The minimum atomic E-state index is -3.42. The number of carbonyl (C=O) groups is 1. The highest BCUT2D eigenvalue weighted by atomic mass is 35.5. The molecule has 1 aromatic carbocycles. The SMILES string of the molecule is CS(=O)(=O)c1ccc(Cl)c(NC(=O)c2ccc(F)nc2)c1. The number of halogens is 2. The fourth-order valence-corrected chi connectivity index (χ4v) is 2.35. The van der Waals surface area contributed by atoms with Gasteiger partial charge in [-0.15, -0.1) is 0 Å². The molecule has 8 heteroatoms. The van der Waals surface area contributed by atoms with Gasteiger partial charge in [0.05, 0.1) is 21.2 Å². The Labute approximate surface area is 125 Å². The van der Waals surface area contributed by atoms with Gasteiger partial charge in [0.15, 0.2) is 9.84 Å². The number of nitrogens with one attached hydrogen (secondary N) is 1. The molecular weight excluding hydrogens is 319 g/mol. The third-order valence-electron chi connectivity index (χ3n) is 2.60. The van der Waals surface area contributed by atoms with Gasteiger partial charge in [0.25, 0.3) is 5.91 Å². The molecule has 0 unspecified atom stereocenters. The number of anilines is 1. The average molecular weight is 329 g/mol. The van der Waals surface area contributed by atoms with E-state index in [0.717, 1.165) is 18.5 Å². The number of benzene rings is 1. The van der Waals surface area contributed by atoms with Crippen molar-refractivity contribution >= 4 is 33.0 Å². The van der Waals surface area contributed by atoms with Gasteiger partial charge >= 0.3 is 0 Å². The lowest BCUT2D eigenvalue weighted by Crippen LogP contribution is -2.13. The van der Waals surface area contributed by atoms with E-state index in [1.54, 1.807) is 0 Å². The van der Waals surface area contributed by atoms with E-state index in [9.17, 15) is 17.6 Å². The minimum absolute atomic E-state index is 0.0273. The molecule has 1 heterocycles. The van der Waals surface area contributed by atoms with Gasteiger partial charge in [-0.05, 0) is 30.3 Å². The minimum Gasteiger partial charge on any atom is -0.321 e. The van der Waals surface area contributed by atoms with Crippen LogP contribution in [0.15, 0.2) is 41.4 Å². The van der Waals surface area contributed by atoms with E-state index in [0.29, 0.717) is 0 Å². The van der Waals surface area contributed by atoms with Crippen molar-refractivity contribution in [2.24, 2.45) is 0 Å². The lowest BCUT2D eigenvalue weighted by Gasteiger charge is -2.08. The van der Waals surface area contributed by atoms with E-state index in [-0.39, 0.29) is 21.2 Å². The topological polar surface area (TPSA) is 76.1 Å². The molecule has 0 radical (unpaired) electrons. The normalized spacial score (nSPS) is 11.2. The number of rotatable bonds is 3. The summed E-state index contributed by atoms with van der Waals surface area (Å²) < 4.78 is 35.7. The van der Waals surface area contributed by atoms with Gasteiger partial charge in [-0.1, -0.05) is 11.6 Å². The van der Waals surface area contributed by atoms with Gasteiger partial charge in [-0.25, -0.2) is 13.4 Å². The largest absolute Gasteiger partial charge is 0.321 e. The van der Waals surface area contributed by atoms with E-state index in [1.165, 1.54) is 24.3 Å². The van der Waals surface area contributed by atoms with Crippen LogP contribution in [0.2, 0.25) is 5.02 Å². The second kappa shape index (κ2) is 5.79. The van der Waals surface area contributed by atoms with Crippen LogP contribution in [-0.2, 0) is 9.84 Å². The fourth-order valence-electron chi connectivity index (χ4n) is 1.54. The first-order valence-electron chi connectivity index (χ1n) is 5.70. The molecule has 21 heavy (non-hydrogen) atoms. The molecule has 0 spiro atoms. The summed E-state index contributed by atoms with van der Waals surface area (Å²) in [5.74, 6) is -1.28. The number of nitrogens with zero attached hydrogens (tertiary/aromatic N) is 1. The fraction of sp³-hybridized carbons (Fsp3) is 0.0769. The quantitative estimate of drug-likeness (QED) is 0.878. The molecule has 0 bridgehead atoms. The molecule has 0 fully saturated rings. The van der Waals surface area contributed by atoms with Crippen LogP contribution < -0.4 is 5.32 Å². The first kappa shape index (κ1) is 15.4.